The summed E-state index contributed by atoms with van der Waals surface area (Å²) in [6.45, 7) is 7.38. The Morgan fingerprint density at radius 3 is 2.70 bits per heavy atom. The minimum Gasteiger partial charge on any atom is -0.496 e. The molecule has 1 N–H and O–H groups in total. The second kappa shape index (κ2) is 6.91. The van der Waals surface area contributed by atoms with E-state index in [-0.39, 0.29) is 0 Å². The molecule has 2 rings (SSSR count). The van der Waals surface area contributed by atoms with Gasteiger partial charge in [-0.1, -0.05) is 19.1 Å². The number of nitrogens with one attached hydrogen (secondary N) is 1. The molecule has 0 aliphatic rings. The summed E-state index contributed by atoms with van der Waals surface area (Å²) < 4.78 is 5.62. The molecule has 0 fully saturated rings. The summed E-state index contributed by atoms with van der Waals surface area (Å²) in [5, 5.41) is 5.74. The van der Waals surface area contributed by atoms with Crippen LogP contribution < -0.4 is 10.1 Å². The van der Waals surface area contributed by atoms with Gasteiger partial charge in [-0.3, -0.25) is 0 Å². The number of aryl methyl sites for hydroxylation is 2. The Morgan fingerprint density at radius 2 is 2.10 bits per heavy atom. The van der Waals surface area contributed by atoms with Gasteiger partial charge in [0.25, 0.3) is 0 Å². The van der Waals surface area contributed by atoms with E-state index in [1.54, 1.807) is 7.11 Å². The Hall–Kier alpha value is -1.32. The minimum absolute atomic E-state index is 0.300. The minimum atomic E-state index is 0.300. The summed E-state index contributed by atoms with van der Waals surface area (Å²) in [5.74, 6) is 0.991. The Morgan fingerprint density at radius 1 is 1.30 bits per heavy atom. The summed E-state index contributed by atoms with van der Waals surface area (Å²) in [7, 11) is 1.76. The average Bonchev–Trinajstić information content (AvgIpc) is 2.90. The number of hydrogen-bond donors (Lipinski definition) is 1. The molecule has 1 unspecified atom stereocenters. The molecule has 1 aromatic carbocycles. The Bertz CT molecular complexity index is 548. The fourth-order valence-electron chi connectivity index (χ4n) is 2.71. The van der Waals surface area contributed by atoms with Gasteiger partial charge in [0.05, 0.1) is 7.11 Å². The third-order valence-electron chi connectivity index (χ3n) is 3.50. The third-order valence-corrected chi connectivity index (χ3v) is 4.40. The maximum absolute atomic E-state index is 5.62. The van der Waals surface area contributed by atoms with Crippen molar-refractivity contribution >= 4 is 11.3 Å². The third kappa shape index (κ3) is 3.41. The maximum Gasteiger partial charge on any atom is 0.124 e. The number of benzene rings is 1. The van der Waals surface area contributed by atoms with Crippen molar-refractivity contribution in [2.45, 2.75) is 33.2 Å². The molecule has 0 saturated heterocycles. The predicted octanol–water partition coefficient (Wildman–Crippen LogP) is 4.27. The van der Waals surface area contributed by atoms with Crippen LogP contribution in [0.15, 0.2) is 29.6 Å². The van der Waals surface area contributed by atoms with Crippen molar-refractivity contribution in [1.82, 2.24) is 5.32 Å². The van der Waals surface area contributed by atoms with Crippen molar-refractivity contribution in [3.63, 3.8) is 0 Å². The normalized spacial score (nSPS) is 12.4. The lowest BCUT2D eigenvalue weighted by Crippen LogP contribution is -2.24. The van der Waals surface area contributed by atoms with Gasteiger partial charge in [-0.25, -0.2) is 0 Å². The average molecular weight is 289 g/mol. The number of likely N-dealkylation sites (N-methyl/N-ethyl adjacent to an activating group) is 1. The van der Waals surface area contributed by atoms with E-state index in [4.69, 9.17) is 4.74 Å². The maximum atomic E-state index is 5.62. The molecule has 2 aromatic rings. The van der Waals surface area contributed by atoms with Gasteiger partial charge in [-0.2, -0.15) is 0 Å². The highest BCUT2D eigenvalue weighted by atomic mass is 32.1. The van der Waals surface area contributed by atoms with Crippen LogP contribution in [0.3, 0.4) is 0 Å². The summed E-state index contributed by atoms with van der Waals surface area (Å²) >= 11 is 1.81. The molecule has 0 saturated carbocycles. The largest absolute Gasteiger partial charge is 0.496 e. The predicted molar refractivity (Wildman–Crippen MR) is 86.9 cm³/mol. The first-order valence-electron chi connectivity index (χ1n) is 7.06. The molecule has 3 heteroatoms. The van der Waals surface area contributed by atoms with Gasteiger partial charge in [-0.05, 0) is 49.0 Å². The standard InChI is InChI=1S/C17H23NOS/c1-5-18-15(11-14-7-6-8-20-14)17-13(3)9-12(2)10-16(17)19-4/h6-10,15,18H,5,11H2,1-4H3. The monoisotopic (exact) mass is 289 g/mol. The lowest BCUT2D eigenvalue weighted by atomic mass is 9.95. The van der Waals surface area contributed by atoms with Gasteiger partial charge >= 0.3 is 0 Å². The zero-order chi connectivity index (χ0) is 14.5. The molecule has 2 nitrogen and oxygen atoms in total. The first-order chi connectivity index (χ1) is 9.65. The molecule has 0 aliphatic carbocycles. The topological polar surface area (TPSA) is 21.3 Å². The Balaban J connectivity index is 2.38. The van der Waals surface area contributed by atoms with E-state index in [1.807, 2.05) is 11.3 Å². The Labute approximate surface area is 125 Å². The van der Waals surface area contributed by atoms with Crippen molar-refractivity contribution in [3.8, 4) is 5.75 Å². The molecule has 0 bridgehead atoms. The van der Waals surface area contributed by atoms with Crippen LogP contribution in [-0.4, -0.2) is 13.7 Å². The van der Waals surface area contributed by atoms with Crippen LogP contribution >= 0.6 is 11.3 Å². The van der Waals surface area contributed by atoms with Crippen LogP contribution in [0, 0.1) is 13.8 Å². The number of hydrogen-bond acceptors (Lipinski definition) is 3. The van der Waals surface area contributed by atoms with E-state index in [9.17, 15) is 0 Å². The smallest absolute Gasteiger partial charge is 0.124 e. The van der Waals surface area contributed by atoms with E-state index in [1.165, 1.54) is 21.6 Å². The highest BCUT2D eigenvalue weighted by Crippen LogP contribution is 2.32. The summed E-state index contributed by atoms with van der Waals surface area (Å²) in [6.07, 6.45) is 1.01. The van der Waals surface area contributed by atoms with Crippen molar-refractivity contribution in [3.05, 3.63) is 51.2 Å². The zero-order valence-electron chi connectivity index (χ0n) is 12.7. The van der Waals surface area contributed by atoms with Crippen LogP contribution in [0.5, 0.6) is 5.75 Å². The zero-order valence-corrected chi connectivity index (χ0v) is 13.5. The van der Waals surface area contributed by atoms with Crippen molar-refractivity contribution in [1.29, 1.82) is 0 Å². The van der Waals surface area contributed by atoms with Crippen LogP contribution in [0.25, 0.3) is 0 Å². The van der Waals surface area contributed by atoms with Gasteiger partial charge < -0.3 is 10.1 Å². The van der Waals surface area contributed by atoms with Gasteiger partial charge in [0.1, 0.15) is 5.75 Å². The van der Waals surface area contributed by atoms with Gasteiger partial charge in [-0.15, -0.1) is 11.3 Å². The fraction of sp³-hybridized carbons (Fsp3) is 0.412. The van der Waals surface area contributed by atoms with Crippen molar-refractivity contribution in [2.24, 2.45) is 0 Å². The summed E-state index contributed by atoms with van der Waals surface area (Å²) in [6, 6.07) is 8.97. The molecule has 0 aliphatic heterocycles. The summed E-state index contributed by atoms with van der Waals surface area (Å²) in [4.78, 5) is 1.40. The van der Waals surface area contributed by atoms with Crippen LogP contribution in [0.1, 0.15) is 34.5 Å². The molecule has 108 valence electrons. The van der Waals surface area contributed by atoms with Gasteiger partial charge in [0, 0.05) is 22.9 Å². The van der Waals surface area contributed by atoms with Gasteiger partial charge in [0.15, 0.2) is 0 Å². The van der Waals surface area contributed by atoms with Crippen LogP contribution in [0.4, 0.5) is 0 Å². The molecule has 1 aromatic heterocycles. The van der Waals surface area contributed by atoms with E-state index < -0.39 is 0 Å². The summed E-state index contributed by atoms with van der Waals surface area (Å²) in [5.41, 5.74) is 3.83. The van der Waals surface area contributed by atoms with E-state index >= 15 is 0 Å². The lowest BCUT2D eigenvalue weighted by molar-refractivity contribution is 0.398. The molecule has 0 amide bonds. The van der Waals surface area contributed by atoms with E-state index in [0.717, 1.165) is 18.7 Å². The second-order valence-electron chi connectivity index (χ2n) is 5.09. The second-order valence-corrected chi connectivity index (χ2v) is 6.12. The number of methoxy groups -OCH3 is 1. The van der Waals surface area contributed by atoms with Crippen LogP contribution in [0.2, 0.25) is 0 Å². The van der Waals surface area contributed by atoms with Gasteiger partial charge in [0.2, 0.25) is 0 Å². The molecular weight excluding hydrogens is 266 g/mol. The fourth-order valence-corrected chi connectivity index (χ4v) is 3.46. The molecule has 1 heterocycles. The SMILES string of the molecule is CCNC(Cc1cccs1)c1c(C)cc(C)cc1OC. The first-order valence-corrected chi connectivity index (χ1v) is 7.94. The molecular formula is C17H23NOS. The van der Waals surface area contributed by atoms with Crippen molar-refractivity contribution in [2.75, 3.05) is 13.7 Å². The van der Waals surface area contributed by atoms with E-state index in [0.29, 0.717) is 6.04 Å². The molecule has 20 heavy (non-hydrogen) atoms. The van der Waals surface area contributed by atoms with Crippen LogP contribution in [-0.2, 0) is 6.42 Å². The lowest BCUT2D eigenvalue weighted by Gasteiger charge is -2.23. The highest BCUT2D eigenvalue weighted by molar-refractivity contribution is 7.09. The van der Waals surface area contributed by atoms with E-state index in [2.05, 4.69) is 55.7 Å². The number of thiophene rings is 1. The molecule has 1 atom stereocenters. The Kier molecular flexibility index (Phi) is 5.21. The molecule has 0 radical (unpaired) electrons. The number of ether oxygens (including phenoxy) is 1. The first kappa shape index (κ1) is 15.1. The quantitative estimate of drug-likeness (QED) is 0.857. The highest BCUT2D eigenvalue weighted by Gasteiger charge is 2.19. The number of rotatable bonds is 6. The molecule has 0 spiro atoms. The van der Waals surface area contributed by atoms with Crippen molar-refractivity contribution < 1.29 is 4.74 Å².